The van der Waals surface area contributed by atoms with Crippen molar-refractivity contribution in [2.75, 3.05) is 13.2 Å². The van der Waals surface area contributed by atoms with Crippen molar-refractivity contribution >= 4 is 27.4 Å². The van der Waals surface area contributed by atoms with Gasteiger partial charge in [-0.1, -0.05) is 182 Å². The molecule has 8 aromatic rings. The molecule has 3 aliphatic rings. The van der Waals surface area contributed by atoms with Crippen LogP contribution in [0.5, 0.6) is 11.5 Å². The second-order valence-electron chi connectivity index (χ2n) is 16.4. The molecule has 65 heavy (non-hydrogen) atoms. The van der Waals surface area contributed by atoms with Gasteiger partial charge in [0, 0.05) is 21.7 Å². The zero-order valence-corrected chi connectivity index (χ0v) is 37.6. The lowest BCUT2D eigenvalue weighted by Gasteiger charge is -2.27. The van der Waals surface area contributed by atoms with E-state index in [-0.39, 0.29) is 24.4 Å². The Balaban J connectivity index is 1.19. The molecule has 0 bridgehead atoms. The van der Waals surface area contributed by atoms with Crippen LogP contribution in [0.15, 0.2) is 206 Å². The van der Waals surface area contributed by atoms with Crippen molar-refractivity contribution in [3.63, 3.8) is 0 Å². The van der Waals surface area contributed by atoms with Crippen LogP contribution in [0.4, 0.5) is 0 Å². The lowest BCUT2D eigenvalue weighted by molar-refractivity contribution is 0.159. The van der Waals surface area contributed by atoms with Crippen LogP contribution >= 0.6 is 16.8 Å². The van der Waals surface area contributed by atoms with Gasteiger partial charge in [-0.25, -0.2) is 0 Å². The van der Waals surface area contributed by atoms with Crippen molar-refractivity contribution in [2.24, 2.45) is 0 Å². The Morgan fingerprint density at radius 2 is 0.600 bits per heavy atom. The maximum atomic E-state index is 7.42. The summed E-state index contributed by atoms with van der Waals surface area (Å²) in [6, 6.07) is 71.5. The second kappa shape index (κ2) is 19.3. The van der Waals surface area contributed by atoms with E-state index in [1.165, 1.54) is 0 Å². The van der Waals surface area contributed by atoms with Crippen LogP contribution in [0.2, 0.25) is 0 Å². The molecule has 3 aliphatic heterocycles. The first-order valence-electron chi connectivity index (χ1n) is 22.5. The van der Waals surface area contributed by atoms with Gasteiger partial charge in [-0.3, -0.25) is 0 Å². The molecule has 4 atom stereocenters. The fourth-order valence-electron chi connectivity index (χ4n) is 9.10. The molecule has 0 N–H and O–H groups in total. The zero-order chi connectivity index (χ0) is 43.4. The topological polar surface area (TPSA) is 55.4 Å². The summed E-state index contributed by atoms with van der Waals surface area (Å²) in [6.07, 6.45) is 1.26. The van der Waals surface area contributed by atoms with E-state index in [4.69, 9.17) is 27.6 Å². The first-order chi connectivity index (χ1) is 32.3. The van der Waals surface area contributed by atoms with E-state index in [0.29, 0.717) is 13.2 Å². The van der Waals surface area contributed by atoms with E-state index in [2.05, 4.69) is 182 Å². The monoisotopic (exact) mass is 890 g/mol. The van der Waals surface area contributed by atoms with Gasteiger partial charge in [0.05, 0.1) is 13.2 Å². The Hall–Kier alpha value is -5.94. The predicted molar refractivity (Wildman–Crippen MR) is 262 cm³/mol. The van der Waals surface area contributed by atoms with Gasteiger partial charge in [-0.15, -0.1) is 0 Å². The van der Waals surface area contributed by atoms with Crippen molar-refractivity contribution < 1.29 is 27.6 Å². The molecule has 322 valence electrons. The van der Waals surface area contributed by atoms with Crippen molar-refractivity contribution in [1.29, 1.82) is 0 Å². The summed E-state index contributed by atoms with van der Waals surface area (Å²) in [7, 11) is -3.56. The van der Waals surface area contributed by atoms with Crippen LogP contribution in [0, 0.1) is 0 Å². The van der Waals surface area contributed by atoms with Crippen molar-refractivity contribution in [2.45, 2.75) is 43.7 Å². The number of ether oxygens (including phenoxy) is 2. The van der Waals surface area contributed by atoms with E-state index in [1.54, 1.807) is 0 Å². The molecule has 8 aromatic carbocycles. The molecule has 11 rings (SSSR count). The lowest BCUT2D eigenvalue weighted by Crippen LogP contribution is -2.19. The SMILES string of the molecule is c1ccc(-c2ccc3c(c2P2O[C@@H](c4ccccc4)[C@H](c4ccccc4)O2)-c2c(ccc(-c4ccccc4)c2P2O[C@@H](c4ccccc4)[C@H](c4ccccc4)O2)OCCCCCO3)cc1. The molecular formula is C57H48O6P2. The van der Waals surface area contributed by atoms with Gasteiger partial charge in [0.2, 0.25) is 16.8 Å². The van der Waals surface area contributed by atoms with E-state index < -0.39 is 16.8 Å². The third-order valence-electron chi connectivity index (χ3n) is 12.3. The summed E-state index contributed by atoms with van der Waals surface area (Å²) in [5.41, 5.74) is 10.1. The molecule has 2 saturated heterocycles. The number of fused-ring (bicyclic) bond motifs is 3. The predicted octanol–water partition coefficient (Wildman–Crippen LogP) is 14.6. The normalized spacial score (nSPS) is 20.2. The van der Waals surface area contributed by atoms with Crippen molar-refractivity contribution in [3.8, 4) is 44.9 Å². The fraction of sp³-hybridized carbons (Fsp3) is 0.158. The highest BCUT2D eigenvalue weighted by Crippen LogP contribution is 2.65. The van der Waals surface area contributed by atoms with Gasteiger partial charge in [-0.05, 0) is 88.0 Å². The molecule has 0 radical (unpaired) electrons. The smallest absolute Gasteiger partial charge is 0.208 e. The quantitative estimate of drug-likeness (QED) is 0.142. The number of hydrogen-bond donors (Lipinski definition) is 0. The van der Waals surface area contributed by atoms with Crippen molar-refractivity contribution in [3.05, 3.63) is 229 Å². The van der Waals surface area contributed by atoms with Crippen LogP contribution in [0.3, 0.4) is 0 Å². The van der Waals surface area contributed by atoms with Crippen molar-refractivity contribution in [1.82, 2.24) is 0 Å². The van der Waals surface area contributed by atoms with Crippen LogP contribution in [-0.4, -0.2) is 13.2 Å². The van der Waals surface area contributed by atoms with Gasteiger partial charge in [0.15, 0.2) is 0 Å². The summed E-state index contributed by atoms with van der Waals surface area (Å²) >= 11 is 0. The molecule has 6 nitrogen and oxygen atoms in total. The molecule has 0 spiro atoms. The molecule has 8 heteroatoms. The van der Waals surface area contributed by atoms with E-state index in [0.717, 1.165) is 97.0 Å². The largest absolute Gasteiger partial charge is 0.493 e. The Bertz CT molecular complexity index is 2540. The minimum Gasteiger partial charge on any atom is -0.493 e. The Labute approximate surface area is 383 Å². The highest BCUT2D eigenvalue weighted by molar-refractivity contribution is 7.57. The van der Waals surface area contributed by atoms with Crippen LogP contribution in [-0.2, 0) is 18.1 Å². The molecule has 0 saturated carbocycles. The molecular weight excluding hydrogens is 843 g/mol. The summed E-state index contributed by atoms with van der Waals surface area (Å²) in [5, 5.41) is 1.85. The van der Waals surface area contributed by atoms with Gasteiger partial charge in [0.1, 0.15) is 35.9 Å². The first-order valence-corrected chi connectivity index (χ1v) is 24.8. The van der Waals surface area contributed by atoms with Gasteiger partial charge < -0.3 is 27.6 Å². The zero-order valence-electron chi connectivity index (χ0n) is 35.8. The molecule has 0 aromatic heterocycles. The Morgan fingerprint density at radius 3 is 0.908 bits per heavy atom. The van der Waals surface area contributed by atoms with E-state index >= 15 is 0 Å². The van der Waals surface area contributed by atoms with Crippen LogP contribution < -0.4 is 20.1 Å². The third-order valence-corrected chi connectivity index (χ3v) is 15.6. The molecule has 0 amide bonds. The van der Waals surface area contributed by atoms with Crippen LogP contribution in [0.25, 0.3) is 33.4 Å². The lowest BCUT2D eigenvalue weighted by atomic mass is 9.94. The average molecular weight is 891 g/mol. The van der Waals surface area contributed by atoms with E-state index in [9.17, 15) is 0 Å². The average Bonchev–Trinajstić information content (AvgIpc) is 4.03. The van der Waals surface area contributed by atoms with Gasteiger partial charge in [-0.2, -0.15) is 0 Å². The Morgan fingerprint density at radius 1 is 0.308 bits per heavy atom. The molecule has 0 unspecified atom stereocenters. The van der Waals surface area contributed by atoms with Crippen LogP contribution in [0.1, 0.15) is 65.9 Å². The minimum absolute atomic E-state index is 0.372. The van der Waals surface area contributed by atoms with Gasteiger partial charge >= 0.3 is 0 Å². The summed E-state index contributed by atoms with van der Waals surface area (Å²) in [6.45, 7) is 1.10. The van der Waals surface area contributed by atoms with Gasteiger partial charge in [0.25, 0.3) is 0 Å². The maximum Gasteiger partial charge on any atom is 0.208 e. The molecule has 2 fully saturated rings. The number of rotatable bonds is 8. The standard InChI is InChI=1S/C57H48O6P2/c1-8-22-40(23-9-1)46-34-36-48-50(56(46)64-60-52(42-26-12-3-13-27-42)53(61-64)43-28-14-4-15-29-43)51-49(59-39-21-7-20-38-58-48)37-35-47(41-24-10-2-11-25-41)57(51)65-62-54(44-30-16-5-17-31-44)55(63-65)45-32-18-6-19-33-45/h1-6,8-19,22-37,52-55H,7,20-21,38-39H2/t52-,53-,54-,55-/m0/s1. The molecule has 3 heterocycles. The molecule has 0 aliphatic carbocycles. The summed E-state index contributed by atoms with van der Waals surface area (Å²) < 4.78 is 43.7. The maximum absolute atomic E-state index is 7.42. The first kappa shape index (κ1) is 41.7. The Kier molecular flexibility index (Phi) is 12.4. The highest BCUT2D eigenvalue weighted by Gasteiger charge is 2.46. The minimum atomic E-state index is -1.78. The van der Waals surface area contributed by atoms with E-state index in [1.807, 2.05) is 24.3 Å². The number of benzene rings is 8. The second-order valence-corrected chi connectivity index (χ2v) is 19.2. The third kappa shape index (κ3) is 8.55. The summed E-state index contributed by atoms with van der Waals surface area (Å²) in [5.74, 6) is 1.47. The summed E-state index contributed by atoms with van der Waals surface area (Å²) in [4.78, 5) is 0. The highest BCUT2D eigenvalue weighted by atomic mass is 31.2. The number of hydrogen-bond acceptors (Lipinski definition) is 6. The fourth-order valence-corrected chi connectivity index (χ4v) is 13.0.